The van der Waals surface area contributed by atoms with Crippen molar-refractivity contribution in [1.29, 1.82) is 0 Å². The Hall–Kier alpha value is -2.18. The number of benzene rings is 1. The molecule has 6 heteroatoms. The van der Waals surface area contributed by atoms with E-state index in [9.17, 15) is 14.7 Å². The standard InChI is InChI=1S/C13H12O6/c14-6-10(15)11(16)7-18-9-3-1-8-2-4-13(17)19-12(8)5-9/h1-6,10-11,15-16H,7H2/t10-,11-/m1/s1. The first kappa shape index (κ1) is 13.3. The number of aliphatic hydroxyl groups excluding tert-OH is 2. The summed E-state index contributed by atoms with van der Waals surface area (Å²) in [6.07, 6.45) is -2.57. The van der Waals surface area contributed by atoms with Gasteiger partial charge in [-0.2, -0.15) is 0 Å². The summed E-state index contributed by atoms with van der Waals surface area (Å²) in [5.74, 6) is 0.360. The Morgan fingerprint density at radius 3 is 2.74 bits per heavy atom. The van der Waals surface area contributed by atoms with Crippen molar-refractivity contribution in [2.45, 2.75) is 12.2 Å². The van der Waals surface area contributed by atoms with E-state index in [1.165, 1.54) is 12.1 Å². The Morgan fingerprint density at radius 1 is 1.26 bits per heavy atom. The predicted octanol–water partition coefficient (Wildman–Crippen LogP) is 0.0925. The number of carbonyl (C=O) groups is 1. The van der Waals surface area contributed by atoms with E-state index in [0.29, 0.717) is 11.3 Å². The van der Waals surface area contributed by atoms with Crippen LogP contribution in [0.25, 0.3) is 11.0 Å². The predicted molar refractivity (Wildman–Crippen MR) is 66.1 cm³/mol. The van der Waals surface area contributed by atoms with Crippen molar-refractivity contribution in [3.63, 3.8) is 0 Å². The summed E-state index contributed by atoms with van der Waals surface area (Å²) in [6, 6.07) is 7.75. The summed E-state index contributed by atoms with van der Waals surface area (Å²) >= 11 is 0. The van der Waals surface area contributed by atoms with Crippen LogP contribution in [-0.4, -0.2) is 35.3 Å². The molecule has 0 aliphatic heterocycles. The van der Waals surface area contributed by atoms with Crippen molar-refractivity contribution in [1.82, 2.24) is 0 Å². The zero-order chi connectivity index (χ0) is 13.8. The van der Waals surface area contributed by atoms with Crippen LogP contribution in [0.15, 0.2) is 39.5 Å². The molecule has 0 amide bonds. The first-order valence-electron chi connectivity index (χ1n) is 5.58. The Bertz CT molecular complexity index is 632. The topological polar surface area (TPSA) is 97.0 Å². The SMILES string of the molecule is O=C[C@@H](O)[C@H](O)COc1ccc2ccc(=O)oc2c1. The number of hydrogen-bond donors (Lipinski definition) is 2. The molecule has 2 atom stereocenters. The Balaban J connectivity index is 2.13. The van der Waals surface area contributed by atoms with Gasteiger partial charge in [-0.15, -0.1) is 0 Å². The second-order valence-electron chi connectivity index (χ2n) is 3.96. The van der Waals surface area contributed by atoms with E-state index in [2.05, 4.69) is 0 Å². The molecular weight excluding hydrogens is 252 g/mol. The number of rotatable bonds is 5. The van der Waals surface area contributed by atoms with Gasteiger partial charge >= 0.3 is 5.63 Å². The molecule has 0 saturated heterocycles. The molecule has 0 unspecified atom stereocenters. The zero-order valence-corrected chi connectivity index (χ0v) is 9.85. The van der Waals surface area contributed by atoms with Crippen molar-refractivity contribution >= 4 is 17.3 Å². The Labute approximate surface area is 107 Å². The second-order valence-corrected chi connectivity index (χ2v) is 3.96. The van der Waals surface area contributed by atoms with Crippen LogP contribution in [0.5, 0.6) is 5.75 Å². The van der Waals surface area contributed by atoms with Crippen LogP contribution < -0.4 is 10.4 Å². The van der Waals surface area contributed by atoms with Gasteiger partial charge in [0.05, 0.1) is 0 Å². The molecule has 1 aromatic heterocycles. The van der Waals surface area contributed by atoms with Crippen molar-refractivity contribution in [3.8, 4) is 5.75 Å². The molecule has 0 bridgehead atoms. The molecular formula is C13H12O6. The maximum atomic E-state index is 11.1. The number of fused-ring (bicyclic) bond motifs is 1. The van der Waals surface area contributed by atoms with Gasteiger partial charge in [-0.25, -0.2) is 4.79 Å². The Morgan fingerprint density at radius 2 is 2.00 bits per heavy atom. The highest BCUT2D eigenvalue weighted by atomic mass is 16.5. The number of ether oxygens (including phenoxy) is 1. The molecule has 0 aliphatic rings. The number of carbonyl (C=O) groups excluding carboxylic acids is 1. The minimum absolute atomic E-state index is 0.230. The van der Waals surface area contributed by atoms with Gasteiger partial charge in [0.1, 0.15) is 30.1 Å². The lowest BCUT2D eigenvalue weighted by Gasteiger charge is -2.13. The molecule has 0 spiro atoms. The van der Waals surface area contributed by atoms with E-state index in [1.807, 2.05) is 0 Å². The zero-order valence-electron chi connectivity index (χ0n) is 9.85. The minimum atomic E-state index is -1.49. The van der Waals surface area contributed by atoms with Crippen LogP contribution in [0, 0.1) is 0 Å². The van der Waals surface area contributed by atoms with E-state index in [1.54, 1.807) is 18.2 Å². The second kappa shape index (κ2) is 5.64. The summed E-state index contributed by atoms with van der Waals surface area (Å²) in [5, 5.41) is 19.1. The minimum Gasteiger partial charge on any atom is -0.491 e. The molecule has 0 radical (unpaired) electrons. The monoisotopic (exact) mass is 264 g/mol. The van der Waals surface area contributed by atoms with Crippen LogP contribution in [-0.2, 0) is 4.79 Å². The van der Waals surface area contributed by atoms with E-state index in [4.69, 9.17) is 14.3 Å². The van der Waals surface area contributed by atoms with Crippen molar-refractivity contribution in [3.05, 3.63) is 40.8 Å². The lowest BCUT2D eigenvalue weighted by molar-refractivity contribution is -0.121. The van der Waals surface area contributed by atoms with E-state index in [0.717, 1.165) is 5.39 Å². The highest BCUT2D eigenvalue weighted by Crippen LogP contribution is 2.19. The number of aldehydes is 1. The molecule has 2 aromatic rings. The third kappa shape index (κ3) is 3.18. The largest absolute Gasteiger partial charge is 0.491 e. The molecule has 1 heterocycles. The third-order valence-electron chi connectivity index (χ3n) is 2.55. The van der Waals surface area contributed by atoms with Crippen LogP contribution >= 0.6 is 0 Å². The normalized spacial score (nSPS) is 14.0. The van der Waals surface area contributed by atoms with Gasteiger partial charge in [-0.1, -0.05) is 0 Å². The van der Waals surface area contributed by atoms with Crippen LogP contribution in [0.3, 0.4) is 0 Å². The van der Waals surface area contributed by atoms with Gasteiger partial charge in [0.2, 0.25) is 0 Å². The summed E-state index contributed by atoms with van der Waals surface area (Å²) in [6.45, 7) is -0.248. The van der Waals surface area contributed by atoms with Gasteiger partial charge in [-0.3, -0.25) is 0 Å². The highest BCUT2D eigenvalue weighted by Gasteiger charge is 2.15. The average molecular weight is 264 g/mol. The molecule has 0 saturated carbocycles. The molecule has 6 nitrogen and oxygen atoms in total. The molecule has 0 aliphatic carbocycles. The summed E-state index contributed by atoms with van der Waals surface area (Å²) in [7, 11) is 0. The summed E-state index contributed by atoms with van der Waals surface area (Å²) in [4.78, 5) is 21.3. The first-order chi connectivity index (χ1) is 9.10. The average Bonchev–Trinajstić information content (AvgIpc) is 2.43. The van der Waals surface area contributed by atoms with Gasteiger partial charge in [-0.05, 0) is 18.2 Å². The van der Waals surface area contributed by atoms with E-state index in [-0.39, 0.29) is 12.9 Å². The highest BCUT2D eigenvalue weighted by molar-refractivity contribution is 5.77. The number of aliphatic hydroxyl groups is 2. The molecule has 100 valence electrons. The first-order valence-corrected chi connectivity index (χ1v) is 5.58. The summed E-state index contributed by atoms with van der Waals surface area (Å²) in [5.41, 5.74) is -0.114. The molecule has 2 N–H and O–H groups in total. The fraction of sp³-hybridized carbons (Fsp3) is 0.231. The van der Waals surface area contributed by atoms with Crippen LogP contribution in [0.1, 0.15) is 0 Å². The smallest absolute Gasteiger partial charge is 0.336 e. The quantitative estimate of drug-likeness (QED) is 0.587. The van der Waals surface area contributed by atoms with Gasteiger partial charge in [0, 0.05) is 17.5 Å². The molecule has 0 fully saturated rings. The van der Waals surface area contributed by atoms with Gasteiger partial charge < -0.3 is 24.2 Å². The third-order valence-corrected chi connectivity index (χ3v) is 2.55. The number of hydrogen-bond acceptors (Lipinski definition) is 6. The van der Waals surface area contributed by atoms with E-state index < -0.39 is 17.8 Å². The van der Waals surface area contributed by atoms with Crippen molar-refractivity contribution < 1.29 is 24.2 Å². The van der Waals surface area contributed by atoms with Crippen LogP contribution in [0.4, 0.5) is 0 Å². The Kier molecular flexibility index (Phi) is 3.94. The fourth-order valence-electron chi connectivity index (χ4n) is 1.50. The lowest BCUT2D eigenvalue weighted by Crippen LogP contribution is -2.32. The maximum Gasteiger partial charge on any atom is 0.336 e. The molecule has 2 rings (SSSR count). The van der Waals surface area contributed by atoms with E-state index >= 15 is 0 Å². The lowest BCUT2D eigenvalue weighted by atomic mass is 10.2. The molecule has 19 heavy (non-hydrogen) atoms. The van der Waals surface area contributed by atoms with Gasteiger partial charge in [0.25, 0.3) is 0 Å². The van der Waals surface area contributed by atoms with Crippen LogP contribution in [0.2, 0.25) is 0 Å². The maximum absolute atomic E-state index is 11.1. The molecule has 1 aromatic carbocycles. The fourth-order valence-corrected chi connectivity index (χ4v) is 1.50. The van der Waals surface area contributed by atoms with Crippen molar-refractivity contribution in [2.24, 2.45) is 0 Å². The van der Waals surface area contributed by atoms with Gasteiger partial charge in [0.15, 0.2) is 6.29 Å². The van der Waals surface area contributed by atoms with Crippen molar-refractivity contribution in [2.75, 3.05) is 6.61 Å². The summed E-state index contributed by atoms with van der Waals surface area (Å²) < 4.78 is 10.2.